The first-order valence-electron chi connectivity index (χ1n) is 8.61. The van der Waals surface area contributed by atoms with Gasteiger partial charge in [0, 0.05) is 31.9 Å². The maximum Gasteiger partial charge on any atom is 0.279 e. The molecule has 2 heterocycles. The summed E-state index contributed by atoms with van der Waals surface area (Å²) in [4.78, 5) is 36.0. The van der Waals surface area contributed by atoms with Crippen LogP contribution in [0.5, 0.6) is 0 Å². The van der Waals surface area contributed by atoms with E-state index in [1.165, 1.54) is 0 Å². The monoisotopic (exact) mass is 334 g/mol. The first-order chi connectivity index (χ1) is 11.4. The fourth-order valence-corrected chi connectivity index (χ4v) is 2.99. The lowest BCUT2D eigenvalue weighted by atomic mass is 10.2. The van der Waals surface area contributed by atoms with Crippen molar-refractivity contribution in [3.63, 3.8) is 0 Å². The molecule has 1 atom stereocenters. The molecule has 1 unspecified atom stereocenters. The van der Waals surface area contributed by atoms with Gasteiger partial charge in [0.1, 0.15) is 0 Å². The van der Waals surface area contributed by atoms with Crippen molar-refractivity contribution in [3.8, 4) is 0 Å². The lowest BCUT2D eigenvalue weighted by Crippen LogP contribution is -2.48. The van der Waals surface area contributed by atoms with Crippen LogP contribution in [0.15, 0.2) is 4.79 Å². The lowest BCUT2D eigenvalue weighted by molar-refractivity contribution is -0.0332. The Balaban J connectivity index is 1.78. The second-order valence-electron chi connectivity index (χ2n) is 7.03. The van der Waals surface area contributed by atoms with Crippen LogP contribution < -0.4 is 5.56 Å². The van der Waals surface area contributed by atoms with Crippen LogP contribution in [-0.4, -0.2) is 71.6 Å². The molecule has 7 nitrogen and oxygen atoms in total. The van der Waals surface area contributed by atoms with E-state index in [2.05, 4.69) is 21.9 Å². The summed E-state index contributed by atoms with van der Waals surface area (Å²) in [5.41, 5.74) is 0.953. The number of rotatable bonds is 5. The molecule has 0 spiro atoms. The van der Waals surface area contributed by atoms with Gasteiger partial charge in [0.25, 0.3) is 11.5 Å². The molecule has 0 bridgehead atoms. The van der Waals surface area contributed by atoms with Crippen LogP contribution in [0.3, 0.4) is 0 Å². The summed E-state index contributed by atoms with van der Waals surface area (Å²) in [7, 11) is 2.05. The largest absolute Gasteiger partial charge is 0.374 e. The van der Waals surface area contributed by atoms with E-state index in [-0.39, 0.29) is 17.7 Å². The zero-order valence-corrected chi connectivity index (χ0v) is 14.7. The number of carbonyl (C=O) groups is 1. The molecule has 1 saturated carbocycles. The smallest absolute Gasteiger partial charge is 0.279 e. The van der Waals surface area contributed by atoms with E-state index < -0.39 is 5.56 Å². The molecule has 0 aromatic carbocycles. The highest BCUT2D eigenvalue weighted by Gasteiger charge is 2.31. The van der Waals surface area contributed by atoms with Gasteiger partial charge in [-0.2, -0.15) is 0 Å². The van der Waals surface area contributed by atoms with Gasteiger partial charge in [0.05, 0.1) is 18.4 Å². The normalized spacial score (nSPS) is 21.7. The third-order valence-electron chi connectivity index (χ3n) is 4.77. The first kappa shape index (κ1) is 17.1. The number of H-pyrrole nitrogens is 1. The molecule has 3 rings (SSSR count). The van der Waals surface area contributed by atoms with Gasteiger partial charge in [-0.25, -0.2) is 4.98 Å². The van der Waals surface area contributed by atoms with E-state index in [0.717, 1.165) is 25.9 Å². The lowest BCUT2D eigenvalue weighted by Gasteiger charge is -2.33. The van der Waals surface area contributed by atoms with E-state index >= 15 is 0 Å². The summed E-state index contributed by atoms with van der Waals surface area (Å²) in [6.07, 6.45) is 2.27. The van der Waals surface area contributed by atoms with Crippen LogP contribution in [0, 0.1) is 19.8 Å². The number of hydrogen-bond acceptors (Lipinski definition) is 5. The van der Waals surface area contributed by atoms with Gasteiger partial charge in [-0.15, -0.1) is 0 Å². The standard InChI is InChI=1S/C17H26N4O3/c1-11-12(2)19-16(22)15(18-11)17(23)21(8-13-4-5-13)10-14-9-20(3)6-7-24-14/h13-14H,4-10H2,1-3H3,(H,19,22). The third-order valence-corrected chi connectivity index (χ3v) is 4.77. The van der Waals surface area contributed by atoms with Gasteiger partial charge >= 0.3 is 0 Å². The van der Waals surface area contributed by atoms with Crippen molar-refractivity contribution in [2.45, 2.75) is 32.8 Å². The molecule has 24 heavy (non-hydrogen) atoms. The van der Waals surface area contributed by atoms with Crippen molar-refractivity contribution in [2.75, 3.05) is 39.8 Å². The molecular formula is C17H26N4O3. The Hall–Kier alpha value is -1.73. The maximum absolute atomic E-state index is 12.9. The fraction of sp³-hybridized carbons (Fsp3) is 0.706. The van der Waals surface area contributed by atoms with Crippen LogP contribution in [0.1, 0.15) is 34.7 Å². The molecule has 1 N–H and O–H groups in total. The van der Waals surface area contributed by atoms with Crippen molar-refractivity contribution in [1.82, 2.24) is 19.8 Å². The van der Waals surface area contributed by atoms with Crippen LogP contribution in [0.25, 0.3) is 0 Å². The van der Waals surface area contributed by atoms with E-state index in [0.29, 0.717) is 37.0 Å². The molecule has 1 aromatic heterocycles. The highest BCUT2D eigenvalue weighted by atomic mass is 16.5. The number of nitrogens with one attached hydrogen (secondary N) is 1. The van der Waals surface area contributed by atoms with Gasteiger partial charge in [-0.05, 0) is 39.7 Å². The molecule has 1 saturated heterocycles. The molecule has 2 fully saturated rings. The number of ether oxygens (including phenoxy) is 1. The predicted octanol–water partition coefficient (Wildman–Crippen LogP) is 0.570. The van der Waals surface area contributed by atoms with E-state index in [4.69, 9.17) is 4.74 Å². The molecule has 1 aliphatic heterocycles. The summed E-state index contributed by atoms with van der Waals surface area (Å²) in [5, 5.41) is 0. The Morgan fingerprint density at radius 1 is 1.38 bits per heavy atom. The predicted molar refractivity (Wildman–Crippen MR) is 90.2 cm³/mol. The van der Waals surface area contributed by atoms with Crippen LogP contribution in [0.2, 0.25) is 0 Å². The number of aromatic nitrogens is 2. The minimum Gasteiger partial charge on any atom is -0.374 e. The second-order valence-corrected chi connectivity index (χ2v) is 7.03. The fourth-order valence-electron chi connectivity index (χ4n) is 2.99. The first-order valence-corrected chi connectivity index (χ1v) is 8.61. The number of aryl methyl sites for hydroxylation is 2. The topological polar surface area (TPSA) is 78.5 Å². The van der Waals surface area contributed by atoms with E-state index in [1.807, 2.05) is 0 Å². The Morgan fingerprint density at radius 3 is 2.79 bits per heavy atom. The number of likely N-dealkylation sites (N-methyl/N-ethyl adjacent to an activating group) is 1. The van der Waals surface area contributed by atoms with Crippen LogP contribution in [0.4, 0.5) is 0 Å². The van der Waals surface area contributed by atoms with Gasteiger partial charge < -0.3 is 19.5 Å². The summed E-state index contributed by atoms with van der Waals surface area (Å²) in [5.74, 6) is 0.254. The Morgan fingerprint density at radius 2 is 2.12 bits per heavy atom. The molecule has 1 aromatic rings. The average Bonchev–Trinajstić information content (AvgIpc) is 3.34. The Kier molecular flexibility index (Phi) is 5.01. The van der Waals surface area contributed by atoms with Crippen molar-refractivity contribution >= 4 is 5.91 Å². The van der Waals surface area contributed by atoms with Crippen molar-refractivity contribution < 1.29 is 9.53 Å². The number of amides is 1. The van der Waals surface area contributed by atoms with E-state index in [9.17, 15) is 9.59 Å². The molecular weight excluding hydrogens is 308 g/mol. The van der Waals surface area contributed by atoms with Gasteiger partial charge in [0.15, 0.2) is 5.69 Å². The van der Waals surface area contributed by atoms with Crippen LogP contribution in [-0.2, 0) is 4.74 Å². The number of carbonyl (C=O) groups excluding carboxylic acids is 1. The van der Waals surface area contributed by atoms with Gasteiger partial charge in [-0.3, -0.25) is 9.59 Å². The molecule has 7 heteroatoms. The number of aromatic amines is 1. The second kappa shape index (κ2) is 7.03. The molecule has 0 radical (unpaired) electrons. The summed E-state index contributed by atoms with van der Waals surface area (Å²) >= 11 is 0. The Bertz CT molecular complexity index is 668. The highest BCUT2D eigenvalue weighted by Crippen LogP contribution is 2.30. The summed E-state index contributed by atoms with van der Waals surface area (Å²) in [6.45, 7) is 7.15. The van der Waals surface area contributed by atoms with Gasteiger partial charge in [-0.1, -0.05) is 0 Å². The molecule has 2 aliphatic rings. The van der Waals surface area contributed by atoms with Crippen molar-refractivity contribution in [2.24, 2.45) is 5.92 Å². The minimum atomic E-state index is -0.412. The quantitative estimate of drug-likeness (QED) is 0.852. The van der Waals surface area contributed by atoms with Gasteiger partial charge in [0.2, 0.25) is 0 Å². The third kappa shape index (κ3) is 4.02. The molecule has 132 valence electrons. The minimum absolute atomic E-state index is 0.0112. The van der Waals surface area contributed by atoms with Crippen molar-refractivity contribution in [1.29, 1.82) is 0 Å². The highest BCUT2D eigenvalue weighted by molar-refractivity contribution is 5.92. The Labute approximate surface area is 142 Å². The average molecular weight is 334 g/mol. The maximum atomic E-state index is 12.9. The number of nitrogens with zero attached hydrogens (tertiary/aromatic N) is 3. The summed E-state index contributed by atoms with van der Waals surface area (Å²) < 4.78 is 5.80. The number of morpholine rings is 1. The zero-order chi connectivity index (χ0) is 17.3. The van der Waals surface area contributed by atoms with Crippen molar-refractivity contribution in [3.05, 3.63) is 27.4 Å². The molecule has 1 amide bonds. The zero-order valence-electron chi connectivity index (χ0n) is 14.7. The van der Waals surface area contributed by atoms with Crippen LogP contribution >= 0.6 is 0 Å². The molecule has 1 aliphatic carbocycles. The number of hydrogen-bond donors (Lipinski definition) is 1. The van der Waals surface area contributed by atoms with E-state index in [1.54, 1.807) is 18.7 Å². The SMILES string of the molecule is Cc1nc(C(=O)N(CC2CC2)CC2CN(C)CCO2)c(=O)[nH]c1C. The summed E-state index contributed by atoms with van der Waals surface area (Å²) in [6, 6.07) is 0.